The molecule has 0 spiro atoms. The number of aromatic nitrogens is 4. The summed E-state index contributed by atoms with van der Waals surface area (Å²) < 4.78 is 0. The van der Waals surface area contributed by atoms with Crippen LogP contribution >= 0.6 is 23.1 Å². The number of thiazole rings is 1. The van der Waals surface area contributed by atoms with Crippen LogP contribution in [0.1, 0.15) is 16.5 Å². The molecule has 2 rings (SSSR count). The molecule has 1 amide bonds. The van der Waals surface area contributed by atoms with Crippen LogP contribution in [-0.4, -0.2) is 43.8 Å². The van der Waals surface area contributed by atoms with Gasteiger partial charge in [-0.25, -0.2) is 9.97 Å². The topological polar surface area (TPSA) is 74.8 Å². The third-order valence-electron chi connectivity index (χ3n) is 2.42. The number of hydrogen-bond donors (Lipinski definition) is 1. The fourth-order valence-electron chi connectivity index (χ4n) is 1.45. The third kappa shape index (κ3) is 4.32. The van der Waals surface area contributed by atoms with Gasteiger partial charge in [0.1, 0.15) is 12.2 Å². The summed E-state index contributed by atoms with van der Waals surface area (Å²) in [6, 6.07) is 0. The van der Waals surface area contributed by atoms with Gasteiger partial charge in [-0.3, -0.25) is 9.89 Å². The Morgan fingerprint density at radius 1 is 1.58 bits per heavy atom. The number of nitrogens with zero attached hydrogens (tertiary/aromatic N) is 4. The van der Waals surface area contributed by atoms with Crippen molar-refractivity contribution in [2.45, 2.75) is 19.2 Å². The molecule has 0 aliphatic carbocycles. The van der Waals surface area contributed by atoms with E-state index in [4.69, 9.17) is 0 Å². The number of nitrogens with one attached hydrogen (secondary N) is 1. The van der Waals surface area contributed by atoms with Crippen LogP contribution in [0.15, 0.2) is 11.7 Å². The van der Waals surface area contributed by atoms with E-state index in [-0.39, 0.29) is 5.91 Å². The predicted octanol–water partition coefficient (Wildman–Crippen LogP) is 1.46. The molecule has 0 bridgehead atoms. The van der Waals surface area contributed by atoms with Gasteiger partial charge >= 0.3 is 0 Å². The number of carbonyl (C=O) groups is 1. The maximum absolute atomic E-state index is 11.9. The van der Waals surface area contributed by atoms with Crippen molar-refractivity contribution in [1.82, 2.24) is 25.1 Å². The quantitative estimate of drug-likeness (QED) is 0.873. The van der Waals surface area contributed by atoms with Gasteiger partial charge in [0.15, 0.2) is 0 Å². The van der Waals surface area contributed by atoms with Gasteiger partial charge in [0.2, 0.25) is 5.91 Å². The lowest BCUT2D eigenvalue weighted by Gasteiger charge is -2.14. The van der Waals surface area contributed by atoms with Gasteiger partial charge in [-0.05, 0) is 6.92 Å². The fourth-order valence-corrected chi connectivity index (χ4v) is 3.02. The first kappa shape index (κ1) is 14.0. The molecule has 1 N–H and O–H groups in total. The minimum Gasteiger partial charge on any atom is -0.338 e. The molecule has 0 radical (unpaired) electrons. The lowest BCUT2D eigenvalue weighted by Crippen LogP contribution is -2.28. The molecule has 2 aromatic heterocycles. The first-order chi connectivity index (χ1) is 9.15. The van der Waals surface area contributed by atoms with Gasteiger partial charge < -0.3 is 4.90 Å². The molecule has 19 heavy (non-hydrogen) atoms. The van der Waals surface area contributed by atoms with Crippen LogP contribution in [0.3, 0.4) is 0 Å². The third-order valence-corrected chi connectivity index (χ3v) is 4.19. The Kier molecular flexibility index (Phi) is 4.92. The summed E-state index contributed by atoms with van der Waals surface area (Å²) in [6.07, 6.45) is 1.44. The van der Waals surface area contributed by atoms with E-state index in [1.807, 2.05) is 12.3 Å². The molecule has 102 valence electrons. The van der Waals surface area contributed by atoms with Crippen LogP contribution in [0.25, 0.3) is 0 Å². The molecule has 0 unspecified atom stereocenters. The fraction of sp³-hybridized carbons (Fsp3) is 0.455. The van der Waals surface area contributed by atoms with Gasteiger partial charge in [-0.15, -0.1) is 23.1 Å². The molecule has 0 aromatic carbocycles. The highest BCUT2D eigenvalue weighted by atomic mass is 32.2. The second-order valence-electron chi connectivity index (χ2n) is 4.03. The summed E-state index contributed by atoms with van der Waals surface area (Å²) in [5.74, 6) is 1.98. The minimum absolute atomic E-state index is 0.0772. The van der Waals surface area contributed by atoms with Gasteiger partial charge in [0.05, 0.1) is 23.0 Å². The lowest BCUT2D eigenvalue weighted by atomic mass is 10.5. The zero-order chi connectivity index (χ0) is 13.7. The molecule has 0 aliphatic heterocycles. The minimum atomic E-state index is 0.0772. The Bertz CT molecular complexity index is 525. The zero-order valence-corrected chi connectivity index (χ0v) is 12.4. The van der Waals surface area contributed by atoms with E-state index in [1.165, 1.54) is 6.33 Å². The predicted molar refractivity (Wildman–Crippen MR) is 75.9 cm³/mol. The molecule has 2 aromatic rings. The van der Waals surface area contributed by atoms with Gasteiger partial charge in [0, 0.05) is 18.2 Å². The molecular weight excluding hydrogens is 282 g/mol. The number of amides is 1. The Morgan fingerprint density at radius 3 is 3.05 bits per heavy atom. The molecule has 2 heterocycles. The lowest BCUT2D eigenvalue weighted by molar-refractivity contribution is -0.127. The summed E-state index contributed by atoms with van der Waals surface area (Å²) in [7, 11) is 1.76. The molecule has 0 saturated heterocycles. The Morgan fingerprint density at radius 2 is 2.42 bits per heavy atom. The van der Waals surface area contributed by atoms with E-state index in [0.717, 1.165) is 16.5 Å². The Balaban J connectivity index is 1.71. The normalized spacial score (nSPS) is 10.6. The van der Waals surface area contributed by atoms with Gasteiger partial charge in [0.25, 0.3) is 0 Å². The number of thioether (sulfide) groups is 1. The summed E-state index contributed by atoms with van der Waals surface area (Å²) >= 11 is 3.21. The highest BCUT2D eigenvalue weighted by molar-refractivity contribution is 7.99. The van der Waals surface area contributed by atoms with Crippen LogP contribution in [0.5, 0.6) is 0 Å². The van der Waals surface area contributed by atoms with E-state index in [1.54, 1.807) is 35.0 Å². The number of aromatic amines is 1. The SMILES string of the molecule is Cc1nc(CSCC(=O)N(C)Cc2ncn[nH]2)cs1. The standard InChI is InChI=1S/C11H15N5OS2/c1-8-14-9(5-19-8)4-18-6-11(17)16(2)3-10-12-7-13-15-10/h5,7H,3-4,6H2,1-2H3,(H,12,13,15). The molecule has 0 atom stereocenters. The number of rotatable bonds is 6. The highest BCUT2D eigenvalue weighted by Gasteiger charge is 2.11. The maximum Gasteiger partial charge on any atom is 0.232 e. The van der Waals surface area contributed by atoms with Crippen molar-refractivity contribution >= 4 is 29.0 Å². The summed E-state index contributed by atoms with van der Waals surface area (Å²) in [4.78, 5) is 21.9. The summed E-state index contributed by atoms with van der Waals surface area (Å²) in [5, 5.41) is 9.58. The van der Waals surface area contributed by atoms with Crippen molar-refractivity contribution in [1.29, 1.82) is 0 Å². The highest BCUT2D eigenvalue weighted by Crippen LogP contribution is 2.15. The number of carbonyl (C=O) groups excluding carboxylic acids is 1. The monoisotopic (exact) mass is 297 g/mol. The summed E-state index contributed by atoms with van der Waals surface area (Å²) in [5.41, 5.74) is 1.04. The second kappa shape index (κ2) is 6.67. The van der Waals surface area contributed by atoms with E-state index >= 15 is 0 Å². The van der Waals surface area contributed by atoms with Crippen molar-refractivity contribution in [3.05, 3.63) is 28.2 Å². The van der Waals surface area contributed by atoms with Crippen molar-refractivity contribution in [3.8, 4) is 0 Å². The maximum atomic E-state index is 11.9. The summed E-state index contributed by atoms with van der Waals surface area (Å²) in [6.45, 7) is 2.43. The Labute approximate surface area is 119 Å². The van der Waals surface area contributed by atoms with E-state index in [2.05, 4.69) is 20.2 Å². The first-order valence-electron chi connectivity index (χ1n) is 5.72. The molecule has 0 fully saturated rings. The van der Waals surface area contributed by atoms with E-state index in [9.17, 15) is 4.79 Å². The average Bonchev–Trinajstić information content (AvgIpc) is 3.01. The number of hydrogen-bond acceptors (Lipinski definition) is 6. The van der Waals surface area contributed by atoms with Crippen molar-refractivity contribution in [2.24, 2.45) is 0 Å². The molecular formula is C11H15N5OS2. The van der Waals surface area contributed by atoms with Crippen LogP contribution in [0.4, 0.5) is 0 Å². The van der Waals surface area contributed by atoms with Crippen LogP contribution < -0.4 is 0 Å². The molecule has 8 heteroatoms. The number of aryl methyl sites for hydroxylation is 1. The van der Waals surface area contributed by atoms with Crippen molar-refractivity contribution < 1.29 is 4.79 Å². The van der Waals surface area contributed by atoms with E-state index < -0.39 is 0 Å². The second-order valence-corrected chi connectivity index (χ2v) is 6.08. The van der Waals surface area contributed by atoms with Crippen LogP contribution in [-0.2, 0) is 17.1 Å². The van der Waals surface area contributed by atoms with Gasteiger partial charge in [-0.1, -0.05) is 0 Å². The van der Waals surface area contributed by atoms with E-state index in [0.29, 0.717) is 18.1 Å². The number of H-pyrrole nitrogens is 1. The molecule has 6 nitrogen and oxygen atoms in total. The average molecular weight is 297 g/mol. The van der Waals surface area contributed by atoms with Crippen molar-refractivity contribution in [3.63, 3.8) is 0 Å². The van der Waals surface area contributed by atoms with Crippen LogP contribution in [0, 0.1) is 6.92 Å². The largest absolute Gasteiger partial charge is 0.338 e. The van der Waals surface area contributed by atoms with Crippen LogP contribution in [0.2, 0.25) is 0 Å². The Hall–Kier alpha value is -1.41. The first-order valence-corrected chi connectivity index (χ1v) is 7.75. The molecule has 0 aliphatic rings. The van der Waals surface area contributed by atoms with Gasteiger partial charge in [-0.2, -0.15) is 5.10 Å². The molecule has 0 saturated carbocycles. The smallest absolute Gasteiger partial charge is 0.232 e. The van der Waals surface area contributed by atoms with Crippen molar-refractivity contribution in [2.75, 3.05) is 12.8 Å². The zero-order valence-electron chi connectivity index (χ0n) is 10.8.